The Hall–Kier alpha value is -1.96. The van der Waals surface area contributed by atoms with E-state index in [2.05, 4.69) is 32.6 Å². The first-order valence-electron chi connectivity index (χ1n) is 9.95. The third kappa shape index (κ3) is 6.55. The molecule has 2 aromatic rings. The van der Waals surface area contributed by atoms with Crippen molar-refractivity contribution in [2.45, 2.75) is 19.8 Å². The molecule has 1 aliphatic heterocycles. The second-order valence-electron chi connectivity index (χ2n) is 7.09. The van der Waals surface area contributed by atoms with E-state index in [4.69, 9.17) is 16.3 Å². The Kier molecular flexibility index (Phi) is 8.54. The molecule has 7 nitrogen and oxygen atoms in total. The standard InChI is InChI=1S/C21H21ClF2IN3O4S/c1-2-32-19(29)11-13-7-9-28(10-8-13)33(30,31)27-18-6-4-16(23)20(24)21(18)26-17-5-3-14(25)12-15(17)22/h3-6,11-12,26-27H,2,7-10H2,1H3. The highest BCUT2D eigenvalue weighted by molar-refractivity contribution is 14.1. The van der Waals surface area contributed by atoms with Crippen molar-refractivity contribution in [2.75, 3.05) is 29.7 Å². The van der Waals surface area contributed by atoms with Crippen molar-refractivity contribution < 1.29 is 26.7 Å². The Bertz CT molecular complexity index is 1180. The molecule has 178 valence electrons. The normalized spacial score (nSPS) is 14.6. The van der Waals surface area contributed by atoms with Crippen LogP contribution in [0.15, 0.2) is 42.0 Å². The number of benzene rings is 2. The van der Waals surface area contributed by atoms with Gasteiger partial charge in [0.2, 0.25) is 0 Å². The number of nitrogens with one attached hydrogen (secondary N) is 2. The SMILES string of the molecule is CCOC(=O)C=C1CCN(S(=O)(=O)Nc2ccc(F)c(F)c2Nc2ccc(I)cc2Cl)CC1. The average molecular weight is 612 g/mol. The van der Waals surface area contributed by atoms with Crippen molar-refractivity contribution in [3.8, 4) is 0 Å². The summed E-state index contributed by atoms with van der Waals surface area (Å²) < 4.78 is 63.6. The van der Waals surface area contributed by atoms with E-state index in [0.717, 1.165) is 21.3 Å². The van der Waals surface area contributed by atoms with Gasteiger partial charge in [-0.2, -0.15) is 12.7 Å². The van der Waals surface area contributed by atoms with Crippen molar-refractivity contribution in [2.24, 2.45) is 0 Å². The molecule has 12 heteroatoms. The number of carbonyl (C=O) groups is 1. The molecule has 0 unspecified atom stereocenters. The van der Waals surface area contributed by atoms with Gasteiger partial charge < -0.3 is 10.1 Å². The molecule has 2 aromatic carbocycles. The number of nitrogens with zero attached hydrogens (tertiary/aromatic N) is 1. The lowest BCUT2D eigenvalue weighted by Crippen LogP contribution is -2.40. The molecule has 0 aliphatic carbocycles. The summed E-state index contributed by atoms with van der Waals surface area (Å²) >= 11 is 8.23. The number of hydrogen-bond donors (Lipinski definition) is 2. The predicted molar refractivity (Wildman–Crippen MR) is 132 cm³/mol. The van der Waals surface area contributed by atoms with Crippen LogP contribution in [-0.2, 0) is 19.7 Å². The van der Waals surface area contributed by atoms with Gasteiger partial charge in [-0.1, -0.05) is 17.2 Å². The smallest absolute Gasteiger partial charge is 0.330 e. The van der Waals surface area contributed by atoms with E-state index in [-0.39, 0.29) is 41.8 Å². The quantitative estimate of drug-likeness (QED) is 0.255. The fourth-order valence-electron chi connectivity index (χ4n) is 3.20. The summed E-state index contributed by atoms with van der Waals surface area (Å²) in [7, 11) is -4.08. The number of rotatable bonds is 7. The molecule has 3 rings (SSSR count). The molecule has 1 heterocycles. The first-order chi connectivity index (χ1) is 15.6. The van der Waals surface area contributed by atoms with Crippen LogP contribution in [0.2, 0.25) is 5.02 Å². The van der Waals surface area contributed by atoms with Gasteiger partial charge in [0, 0.05) is 22.7 Å². The zero-order chi connectivity index (χ0) is 24.2. The molecule has 0 saturated carbocycles. The van der Waals surface area contributed by atoms with Gasteiger partial charge in [-0.05, 0) is 72.7 Å². The third-order valence-electron chi connectivity index (χ3n) is 4.84. The van der Waals surface area contributed by atoms with Crippen LogP contribution in [-0.4, -0.2) is 38.4 Å². The van der Waals surface area contributed by atoms with Crippen molar-refractivity contribution in [3.05, 3.63) is 62.2 Å². The summed E-state index contributed by atoms with van der Waals surface area (Å²) in [6.45, 7) is 2.20. The van der Waals surface area contributed by atoms with Gasteiger partial charge >= 0.3 is 16.2 Å². The minimum Gasteiger partial charge on any atom is -0.463 e. The molecule has 0 aromatic heterocycles. The monoisotopic (exact) mass is 611 g/mol. The van der Waals surface area contributed by atoms with Crippen molar-refractivity contribution in [3.63, 3.8) is 0 Å². The molecule has 1 fully saturated rings. The summed E-state index contributed by atoms with van der Waals surface area (Å²) in [5, 5.41) is 2.95. The van der Waals surface area contributed by atoms with E-state index >= 15 is 0 Å². The van der Waals surface area contributed by atoms with Crippen molar-refractivity contribution in [1.29, 1.82) is 0 Å². The third-order valence-corrected chi connectivity index (χ3v) is 7.34. The molecule has 0 spiro atoms. The number of ether oxygens (including phenoxy) is 1. The summed E-state index contributed by atoms with van der Waals surface area (Å²) in [6.07, 6.45) is 2.07. The van der Waals surface area contributed by atoms with E-state index in [1.165, 1.54) is 10.4 Å². The van der Waals surface area contributed by atoms with Crippen molar-refractivity contribution in [1.82, 2.24) is 4.31 Å². The zero-order valence-electron chi connectivity index (χ0n) is 17.5. The number of esters is 1. The largest absolute Gasteiger partial charge is 0.463 e. The maximum absolute atomic E-state index is 14.6. The van der Waals surface area contributed by atoms with Crippen LogP contribution in [0.1, 0.15) is 19.8 Å². The Morgan fingerprint density at radius 3 is 2.52 bits per heavy atom. The van der Waals surface area contributed by atoms with E-state index < -0.39 is 27.8 Å². The van der Waals surface area contributed by atoms with E-state index in [1.807, 2.05) is 0 Å². The molecule has 2 N–H and O–H groups in total. The fourth-order valence-corrected chi connectivity index (χ4v) is 5.34. The summed E-state index contributed by atoms with van der Waals surface area (Å²) in [4.78, 5) is 11.6. The van der Waals surface area contributed by atoms with Crippen LogP contribution in [0.5, 0.6) is 0 Å². The van der Waals surface area contributed by atoms with Crippen LogP contribution in [0.3, 0.4) is 0 Å². The van der Waals surface area contributed by atoms with Gasteiger partial charge in [0.05, 0.1) is 23.0 Å². The lowest BCUT2D eigenvalue weighted by molar-refractivity contribution is -0.137. The Morgan fingerprint density at radius 1 is 1.21 bits per heavy atom. The zero-order valence-corrected chi connectivity index (χ0v) is 21.2. The number of halogens is 4. The maximum atomic E-state index is 14.6. The van der Waals surface area contributed by atoms with E-state index in [1.54, 1.807) is 25.1 Å². The molecule has 0 atom stereocenters. The lowest BCUT2D eigenvalue weighted by Gasteiger charge is -2.28. The minimum atomic E-state index is -4.08. The van der Waals surface area contributed by atoms with Crippen LogP contribution < -0.4 is 10.0 Å². The van der Waals surface area contributed by atoms with Gasteiger partial charge in [0.25, 0.3) is 0 Å². The molecule has 0 bridgehead atoms. The lowest BCUT2D eigenvalue weighted by atomic mass is 10.1. The highest BCUT2D eigenvalue weighted by Crippen LogP contribution is 2.35. The Labute approximate surface area is 209 Å². The van der Waals surface area contributed by atoms with Crippen molar-refractivity contribution >= 4 is 67.4 Å². The van der Waals surface area contributed by atoms with Crippen LogP contribution >= 0.6 is 34.2 Å². The maximum Gasteiger partial charge on any atom is 0.330 e. The molecule has 0 amide bonds. The van der Waals surface area contributed by atoms with E-state index in [0.29, 0.717) is 12.8 Å². The predicted octanol–water partition coefficient (Wildman–Crippen LogP) is 5.21. The first kappa shape index (κ1) is 25.7. The number of piperidine rings is 1. The molecular weight excluding hydrogens is 591 g/mol. The summed E-state index contributed by atoms with van der Waals surface area (Å²) in [6, 6.07) is 6.89. The average Bonchev–Trinajstić information content (AvgIpc) is 2.75. The van der Waals surface area contributed by atoms with Gasteiger partial charge in [-0.15, -0.1) is 0 Å². The molecule has 33 heavy (non-hydrogen) atoms. The second kappa shape index (κ2) is 11.0. The topological polar surface area (TPSA) is 87.7 Å². The molecular formula is C21H21ClF2IN3O4S. The molecule has 0 radical (unpaired) electrons. The summed E-state index contributed by atoms with van der Waals surface area (Å²) in [5.41, 5.74) is 0.509. The highest BCUT2D eigenvalue weighted by atomic mass is 127. The number of anilines is 3. The highest BCUT2D eigenvalue weighted by Gasteiger charge is 2.28. The van der Waals surface area contributed by atoms with E-state index in [9.17, 15) is 22.0 Å². The van der Waals surface area contributed by atoms with Crippen LogP contribution in [0.25, 0.3) is 0 Å². The van der Waals surface area contributed by atoms with Gasteiger partial charge in [-0.3, -0.25) is 4.72 Å². The fraction of sp³-hybridized carbons (Fsp3) is 0.286. The molecule has 1 saturated heterocycles. The van der Waals surface area contributed by atoms with Gasteiger partial charge in [-0.25, -0.2) is 13.6 Å². The minimum absolute atomic E-state index is 0.121. The number of carbonyl (C=O) groups excluding carboxylic acids is 1. The Morgan fingerprint density at radius 2 is 1.88 bits per heavy atom. The second-order valence-corrected chi connectivity index (χ2v) is 10.4. The van der Waals surface area contributed by atoms with Gasteiger partial charge in [0.15, 0.2) is 11.6 Å². The summed E-state index contributed by atoms with van der Waals surface area (Å²) in [5.74, 6) is -2.86. The molecule has 1 aliphatic rings. The van der Waals surface area contributed by atoms with Crippen LogP contribution in [0, 0.1) is 15.2 Å². The van der Waals surface area contributed by atoms with Crippen LogP contribution in [0.4, 0.5) is 25.8 Å². The van der Waals surface area contributed by atoms with Gasteiger partial charge in [0.1, 0.15) is 5.69 Å². The first-order valence-corrected chi connectivity index (χ1v) is 12.8. The Balaban J connectivity index is 1.80. The number of hydrogen-bond acceptors (Lipinski definition) is 5.